The molecule has 0 spiro atoms. The standard InChI is InChI=1S/C66H44N2/c1-2-21-54(22-3-1)68-64-29-13-28-62(66(64)63-43-51-16-4-5-17-52(51)44-65(63)68)53-20-10-23-57(42-53)67(56-40-36-50(37-41-56)61-27-12-19-48-15-7-9-25-59(48)61)55-38-34-46(35-39-55)45-30-32-49(33-31-45)60-26-11-18-47-14-6-8-24-58(47)60/h1-44H. The van der Waals surface area contributed by atoms with E-state index in [1.165, 1.54) is 93.1 Å². The molecule has 0 saturated carbocycles. The van der Waals surface area contributed by atoms with Crippen LogP contribution in [0.25, 0.3) is 104 Å². The Labute approximate surface area is 395 Å². The normalized spacial score (nSPS) is 11.5. The van der Waals surface area contributed by atoms with Gasteiger partial charge in [0.15, 0.2) is 0 Å². The first kappa shape index (κ1) is 39.4. The second-order valence-electron chi connectivity index (χ2n) is 17.7. The molecule has 0 bridgehead atoms. The summed E-state index contributed by atoms with van der Waals surface area (Å²) in [7, 11) is 0. The van der Waals surface area contributed by atoms with Crippen molar-refractivity contribution in [3.05, 3.63) is 267 Å². The molecule has 1 heterocycles. The SMILES string of the molecule is c1ccc(-n2c3cc4ccccc4cc3c3c(-c4cccc(N(c5ccc(-c6ccc(-c7cccc8ccccc78)cc6)cc5)c5ccc(-c6cccc7ccccc67)cc5)c4)cccc32)cc1. The van der Waals surface area contributed by atoms with E-state index in [0.29, 0.717) is 0 Å². The smallest absolute Gasteiger partial charge is 0.0547 e. The minimum atomic E-state index is 1.08. The number of anilines is 3. The molecule has 318 valence electrons. The van der Waals surface area contributed by atoms with Gasteiger partial charge in [0.25, 0.3) is 0 Å². The minimum Gasteiger partial charge on any atom is -0.310 e. The van der Waals surface area contributed by atoms with Crippen molar-refractivity contribution in [1.29, 1.82) is 0 Å². The third kappa shape index (κ3) is 6.82. The number of hydrogen-bond donors (Lipinski definition) is 0. The fraction of sp³-hybridized carbons (Fsp3) is 0. The van der Waals surface area contributed by atoms with Crippen molar-refractivity contribution in [2.24, 2.45) is 0 Å². The minimum absolute atomic E-state index is 1.08. The van der Waals surface area contributed by atoms with Gasteiger partial charge in [0.2, 0.25) is 0 Å². The summed E-state index contributed by atoms with van der Waals surface area (Å²) in [4.78, 5) is 2.39. The molecule has 0 fully saturated rings. The number of para-hydroxylation sites is 1. The highest BCUT2D eigenvalue weighted by molar-refractivity contribution is 6.19. The average Bonchev–Trinajstić information content (AvgIpc) is 3.74. The van der Waals surface area contributed by atoms with Crippen LogP contribution < -0.4 is 4.90 Å². The maximum absolute atomic E-state index is 2.42. The van der Waals surface area contributed by atoms with Gasteiger partial charge in [-0.2, -0.15) is 0 Å². The Morgan fingerprint density at radius 3 is 1.35 bits per heavy atom. The number of benzene rings is 12. The Morgan fingerprint density at radius 1 is 0.250 bits per heavy atom. The van der Waals surface area contributed by atoms with Gasteiger partial charge in [-0.25, -0.2) is 0 Å². The molecule has 13 aromatic rings. The summed E-state index contributed by atoms with van der Waals surface area (Å²) in [6.07, 6.45) is 0. The number of rotatable bonds is 8. The first-order chi connectivity index (χ1) is 33.7. The molecule has 13 rings (SSSR count). The maximum Gasteiger partial charge on any atom is 0.0547 e. The topological polar surface area (TPSA) is 8.17 Å². The van der Waals surface area contributed by atoms with Crippen LogP contribution in [-0.4, -0.2) is 4.57 Å². The molecule has 2 heteroatoms. The quantitative estimate of drug-likeness (QED) is 0.148. The van der Waals surface area contributed by atoms with Crippen molar-refractivity contribution in [3.63, 3.8) is 0 Å². The van der Waals surface area contributed by atoms with E-state index in [-0.39, 0.29) is 0 Å². The van der Waals surface area contributed by atoms with Crippen LogP contribution in [0, 0.1) is 0 Å². The number of nitrogens with zero attached hydrogens (tertiary/aromatic N) is 2. The Morgan fingerprint density at radius 2 is 0.721 bits per heavy atom. The zero-order valence-corrected chi connectivity index (χ0v) is 37.3. The molecule has 0 aliphatic carbocycles. The van der Waals surface area contributed by atoms with Gasteiger partial charge in [-0.3, -0.25) is 0 Å². The molecular formula is C66H44N2. The van der Waals surface area contributed by atoms with Crippen LogP contribution >= 0.6 is 0 Å². The van der Waals surface area contributed by atoms with Crippen LogP contribution in [0.5, 0.6) is 0 Å². The third-order valence-corrected chi connectivity index (χ3v) is 13.8. The molecular weight excluding hydrogens is 821 g/mol. The molecule has 1 aromatic heterocycles. The first-order valence-electron chi connectivity index (χ1n) is 23.4. The number of aromatic nitrogens is 1. The summed E-state index contributed by atoms with van der Waals surface area (Å²) in [6.45, 7) is 0. The van der Waals surface area contributed by atoms with Crippen LogP contribution in [0.2, 0.25) is 0 Å². The van der Waals surface area contributed by atoms with E-state index >= 15 is 0 Å². The Hall–Kier alpha value is -8.98. The highest BCUT2D eigenvalue weighted by Gasteiger charge is 2.20. The lowest BCUT2D eigenvalue weighted by atomic mass is 9.96. The van der Waals surface area contributed by atoms with Gasteiger partial charge in [-0.15, -0.1) is 0 Å². The van der Waals surface area contributed by atoms with E-state index in [0.717, 1.165) is 28.3 Å². The van der Waals surface area contributed by atoms with Gasteiger partial charge in [0.05, 0.1) is 11.0 Å². The lowest BCUT2D eigenvalue weighted by molar-refractivity contribution is 1.18. The Kier molecular flexibility index (Phi) is 9.54. The summed E-state index contributed by atoms with van der Waals surface area (Å²) < 4.78 is 2.42. The predicted octanol–water partition coefficient (Wildman–Crippen LogP) is 18.4. The zero-order valence-electron chi connectivity index (χ0n) is 37.3. The van der Waals surface area contributed by atoms with Crippen LogP contribution in [0.15, 0.2) is 267 Å². The van der Waals surface area contributed by atoms with Crippen LogP contribution in [0.1, 0.15) is 0 Å². The van der Waals surface area contributed by atoms with E-state index in [1.807, 2.05) is 0 Å². The highest BCUT2D eigenvalue weighted by atomic mass is 15.1. The molecule has 68 heavy (non-hydrogen) atoms. The lowest BCUT2D eigenvalue weighted by Gasteiger charge is -2.26. The van der Waals surface area contributed by atoms with Gasteiger partial charge >= 0.3 is 0 Å². The van der Waals surface area contributed by atoms with Crippen molar-refractivity contribution >= 4 is 71.2 Å². The maximum atomic E-state index is 2.42. The molecule has 12 aromatic carbocycles. The second kappa shape index (κ2) is 16.5. The monoisotopic (exact) mass is 864 g/mol. The van der Waals surface area contributed by atoms with Gasteiger partial charge in [-0.1, -0.05) is 200 Å². The molecule has 0 atom stereocenters. The average molecular weight is 865 g/mol. The van der Waals surface area contributed by atoms with Crippen molar-refractivity contribution in [2.75, 3.05) is 4.90 Å². The fourth-order valence-corrected chi connectivity index (χ4v) is 10.5. The van der Waals surface area contributed by atoms with E-state index in [2.05, 4.69) is 276 Å². The molecule has 0 aliphatic heterocycles. The molecule has 0 saturated heterocycles. The highest BCUT2D eigenvalue weighted by Crippen LogP contribution is 2.43. The molecule has 0 unspecified atom stereocenters. The van der Waals surface area contributed by atoms with E-state index in [1.54, 1.807) is 0 Å². The summed E-state index contributed by atoms with van der Waals surface area (Å²) in [5, 5.41) is 9.97. The zero-order chi connectivity index (χ0) is 45.0. The Bertz CT molecular complexity index is 3980. The number of fused-ring (bicyclic) bond motifs is 6. The summed E-state index contributed by atoms with van der Waals surface area (Å²) in [6, 6.07) is 97.5. The Balaban J connectivity index is 0.931. The first-order valence-corrected chi connectivity index (χ1v) is 23.4. The second-order valence-corrected chi connectivity index (χ2v) is 17.7. The third-order valence-electron chi connectivity index (χ3n) is 13.8. The van der Waals surface area contributed by atoms with Gasteiger partial charge in [0.1, 0.15) is 0 Å². The van der Waals surface area contributed by atoms with Crippen LogP contribution in [-0.2, 0) is 0 Å². The van der Waals surface area contributed by atoms with Gasteiger partial charge in [-0.05, 0) is 144 Å². The molecule has 0 radical (unpaired) electrons. The van der Waals surface area contributed by atoms with Crippen molar-refractivity contribution in [1.82, 2.24) is 4.57 Å². The summed E-state index contributed by atoms with van der Waals surface area (Å²) in [5.41, 5.74) is 16.4. The van der Waals surface area contributed by atoms with Gasteiger partial charge in [0, 0.05) is 33.5 Å². The van der Waals surface area contributed by atoms with Gasteiger partial charge < -0.3 is 9.47 Å². The van der Waals surface area contributed by atoms with Crippen molar-refractivity contribution < 1.29 is 0 Å². The largest absolute Gasteiger partial charge is 0.310 e. The molecule has 0 N–H and O–H groups in total. The summed E-state index contributed by atoms with van der Waals surface area (Å²) >= 11 is 0. The van der Waals surface area contributed by atoms with E-state index in [4.69, 9.17) is 0 Å². The molecule has 0 aliphatic rings. The van der Waals surface area contributed by atoms with Crippen LogP contribution in [0.4, 0.5) is 17.1 Å². The summed E-state index contributed by atoms with van der Waals surface area (Å²) in [5.74, 6) is 0. The molecule has 0 amide bonds. The van der Waals surface area contributed by atoms with Crippen LogP contribution in [0.3, 0.4) is 0 Å². The van der Waals surface area contributed by atoms with Crippen molar-refractivity contribution in [2.45, 2.75) is 0 Å². The fourth-order valence-electron chi connectivity index (χ4n) is 10.5. The molecule has 2 nitrogen and oxygen atoms in total. The van der Waals surface area contributed by atoms with E-state index in [9.17, 15) is 0 Å². The number of hydrogen-bond acceptors (Lipinski definition) is 1. The van der Waals surface area contributed by atoms with E-state index < -0.39 is 0 Å². The lowest BCUT2D eigenvalue weighted by Crippen LogP contribution is -2.10. The van der Waals surface area contributed by atoms with Crippen molar-refractivity contribution in [3.8, 4) is 50.2 Å². The predicted molar refractivity (Wildman–Crippen MR) is 290 cm³/mol.